The van der Waals surface area contributed by atoms with E-state index in [0.29, 0.717) is 44.0 Å². The van der Waals surface area contributed by atoms with E-state index in [4.69, 9.17) is 9.47 Å². The Hall–Kier alpha value is -3.53. The summed E-state index contributed by atoms with van der Waals surface area (Å²) < 4.78 is 27.2. The predicted molar refractivity (Wildman–Crippen MR) is 140 cm³/mol. The Bertz CT molecular complexity index is 1400. The van der Waals surface area contributed by atoms with Crippen molar-refractivity contribution in [3.8, 4) is 28.3 Å². The summed E-state index contributed by atoms with van der Waals surface area (Å²) in [6.07, 6.45) is 2.41. The summed E-state index contributed by atoms with van der Waals surface area (Å²) >= 11 is 0. The predicted octanol–water partition coefficient (Wildman–Crippen LogP) is 3.84. The maximum Gasteiger partial charge on any atom is 0.143 e. The van der Waals surface area contributed by atoms with Crippen LogP contribution >= 0.6 is 0 Å². The number of ether oxygens (including phenoxy) is 2. The number of anilines is 1. The largest absolute Gasteiger partial charge is 0.491 e. The van der Waals surface area contributed by atoms with Crippen molar-refractivity contribution in [1.82, 2.24) is 20.1 Å². The number of β-amino-alcohol motifs (C(OH)–C–C–N with tert-alkyl or cyclic N) is 1. The topological polar surface area (TPSA) is 86.7 Å². The molecule has 8 nitrogen and oxygen atoms in total. The molecule has 0 radical (unpaired) electrons. The van der Waals surface area contributed by atoms with Gasteiger partial charge in [0.2, 0.25) is 0 Å². The van der Waals surface area contributed by atoms with Gasteiger partial charge in [0.15, 0.2) is 0 Å². The van der Waals surface area contributed by atoms with E-state index in [9.17, 15) is 9.50 Å². The highest BCUT2D eigenvalue weighted by Crippen LogP contribution is 2.37. The minimum absolute atomic E-state index is 0.178. The average Bonchev–Trinajstić information content (AvgIpc) is 3.34. The highest BCUT2D eigenvalue weighted by Gasteiger charge is 2.22. The standard InChI is InChI=1S/C28H30FN5O3/c29-22-4-1-3-20-18-36-13-2-14-37-26-15-19(5-6-25(26)34-9-7-33(8-10-34)11-12-35)28-21-16-23(27(20)22)30-17-24(21)31-32-28/h1,3-6,15-17,35H,2,7-14,18H2,(H,31,32). The number of hydrogen-bond acceptors (Lipinski definition) is 7. The Morgan fingerprint density at radius 1 is 1.05 bits per heavy atom. The second kappa shape index (κ2) is 10.5. The van der Waals surface area contributed by atoms with Crippen LogP contribution in [0, 0.1) is 5.82 Å². The second-order valence-electron chi connectivity index (χ2n) is 9.45. The summed E-state index contributed by atoms with van der Waals surface area (Å²) in [4.78, 5) is 9.15. The number of H-pyrrole nitrogens is 1. The third-order valence-electron chi connectivity index (χ3n) is 7.11. The zero-order valence-electron chi connectivity index (χ0n) is 20.6. The van der Waals surface area contributed by atoms with Crippen LogP contribution in [0.15, 0.2) is 48.7 Å². The monoisotopic (exact) mass is 503 g/mol. The SMILES string of the molecule is OCCN1CCN(c2ccc3cc2OCCCOCc2cccc(F)c2-c2cc4c-3n[nH]c4cn2)CC1. The molecule has 2 aliphatic rings. The summed E-state index contributed by atoms with van der Waals surface area (Å²) in [5, 5.41) is 17.8. The summed E-state index contributed by atoms with van der Waals surface area (Å²) in [6, 6.07) is 13.1. The molecule has 9 heteroatoms. The number of aliphatic hydroxyl groups is 1. The molecule has 0 saturated carbocycles. The molecule has 0 amide bonds. The van der Waals surface area contributed by atoms with Crippen molar-refractivity contribution in [3.63, 3.8) is 0 Å². The van der Waals surface area contributed by atoms with E-state index in [-0.39, 0.29) is 12.4 Å². The second-order valence-corrected chi connectivity index (χ2v) is 9.45. The first-order chi connectivity index (χ1) is 18.2. The number of benzene rings is 2. The number of piperazine rings is 1. The van der Waals surface area contributed by atoms with Gasteiger partial charge in [0, 0.05) is 55.7 Å². The molecular formula is C28H30FN5O3. The Morgan fingerprint density at radius 2 is 1.95 bits per heavy atom. The van der Waals surface area contributed by atoms with Crippen molar-refractivity contribution >= 4 is 16.6 Å². The minimum Gasteiger partial charge on any atom is -0.491 e. The van der Waals surface area contributed by atoms with Crippen LogP contribution in [0.4, 0.5) is 10.1 Å². The Kier molecular flexibility index (Phi) is 6.73. The van der Waals surface area contributed by atoms with Crippen LogP contribution in [0.25, 0.3) is 33.4 Å². The Balaban J connectivity index is 1.41. The van der Waals surface area contributed by atoms with E-state index in [0.717, 1.165) is 65.3 Å². The third-order valence-corrected chi connectivity index (χ3v) is 7.11. The van der Waals surface area contributed by atoms with E-state index in [1.165, 1.54) is 6.07 Å². The molecule has 192 valence electrons. The number of fused-ring (bicyclic) bond motifs is 6. The lowest BCUT2D eigenvalue weighted by Crippen LogP contribution is -2.47. The van der Waals surface area contributed by atoms with Crippen LogP contribution < -0.4 is 9.64 Å². The fourth-order valence-electron chi connectivity index (χ4n) is 5.17. The van der Waals surface area contributed by atoms with Crippen molar-refractivity contribution in [2.75, 3.05) is 57.4 Å². The Labute approximate surface area is 214 Å². The maximum absolute atomic E-state index is 15.0. The molecule has 1 saturated heterocycles. The van der Waals surface area contributed by atoms with Crippen LogP contribution in [0.5, 0.6) is 5.75 Å². The molecule has 2 N–H and O–H groups in total. The highest BCUT2D eigenvalue weighted by molar-refractivity contribution is 5.95. The Morgan fingerprint density at radius 3 is 2.81 bits per heavy atom. The zero-order valence-corrected chi connectivity index (χ0v) is 20.6. The zero-order chi connectivity index (χ0) is 25.2. The van der Waals surface area contributed by atoms with Gasteiger partial charge in [0.1, 0.15) is 17.3 Å². The number of nitrogens with zero attached hydrogens (tertiary/aromatic N) is 4. The van der Waals surface area contributed by atoms with Crippen LogP contribution in [0.3, 0.4) is 0 Å². The number of hydrogen-bond donors (Lipinski definition) is 2. The minimum atomic E-state index is -0.323. The van der Waals surface area contributed by atoms with E-state index in [1.54, 1.807) is 12.3 Å². The van der Waals surface area contributed by atoms with Crippen molar-refractivity contribution in [2.45, 2.75) is 13.0 Å². The van der Waals surface area contributed by atoms with Gasteiger partial charge in [-0.1, -0.05) is 18.2 Å². The number of aromatic amines is 1. The van der Waals surface area contributed by atoms with E-state index in [1.807, 2.05) is 18.2 Å². The molecule has 0 aliphatic carbocycles. The molecule has 2 aromatic heterocycles. The normalized spacial score (nSPS) is 16.8. The van der Waals surface area contributed by atoms with Gasteiger partial charge < -0.3 is 19.5 Å². The number of nitrogens with one attached hydrogen (secondary N) is 1. The number of pyridine rings is 1. The first-order valence-electron chi connectivity index (χ1n) is 12.8. The smallest absolute Gasteiger partial charge is 0.143 e. The van der Waals surface area contributed by atoms with Crippen molar-refractivity contribution in [3.05, 3.63) is 60.0 Å². The van der Waals surface area contributed by atoms with Gasteiger partial charge in [-0.3, -0.25) is 15.0 Å². The van der Waals surface area contributed by atoms with E-state index >= 15 is 0 Å². The summed E-state index contributed by atoms with van der Waals surface area (Å²) in [5.41, 5.74) is 5.29. The van der Waals surface area contributed by atoms with Crippen LogP contribution in [-0.2, 0) is 11.3 Å². The quantitative estimate of drug-likeness (QED) is 0.439. The molecule has 0 unspecified atom stereocenters. The van der Waals surface area contributed by atoms with Gasteiger partial charge in [-0.2, -0.15) is 5.10 Å². The summed E-state index contributed by atoms with van der Waals surface area (Å²) in [6.45, 7) is 5.69. The summed E-state index contributed by atoms with van der Waals surface area (Å²) in [7, 11) is 0. The van der Waals surface area contributed by atoms with E-state index in [2.05, 4.69) is 37.1 Å². The molecule has 0 atom stereocenters. The molecule has 4 bridgehead atoms. The maximum atomic E-state index is 15.0. The van der Waals surface area contributed by atoms with E-state index < -0.39 is 0 Å². The van der Waals surface area contributed by atoms with Crippen LogP contribution in [-0.4, -0.2) is 77.7 Å². The molecule has 4 aromatic rings. The van der Waals surface area contributed by atoms with Gasteiger partial charge in [-0.25, -0.2) is 4.39 Å². The fraction of sp³-hybridized carbons (Fsp3) is 0.357. The number of aliphatic hydroxyl groups excluding tert-OH is 1. The molecule has 1 fully saturated rings. The number of aromatic nitrogens is 3. The fourth-order valence-corrected chi connectivity index (χ4v) is 5.17. The first-order valence-corrected chi connectivity index (χ1v) is 12.8. The lowest BCUT2D eigenvalue weighted by Gasteiger charge is -2.36. The molecule has 4 heterocycles. The van der Waals surface area contributed by atoms with Crippen molar-refractivity contribution < 1.29 is 19.0 Å². The average molecular weight is 504 g/mol. The van der Waals surface area contributed by atoms with Gasteiger partial charge in [0.25, 0.3) is 0 Å². The van der Waals surface area contributed by atoms with Gasteiger partial charge in [-0.05, 0) is 29.8 Å². The lowest BCUT2D eigenvalue weighted by molar-refractivity contribution is 0.107. The van der Waals surface area contributed by atoms with Crippen LogP contribution in [0.1, 0.15) is 12.0 Å². The molecule has 2 aromatic carbocycles. The van der Waals surface area contributed by atoms with Gasteiger partial charge in [0.05, 0.1) is 49.5 Å². The molecule has 6 rings (SSSR count). The first kappa shape index (κ1) is 23.8. The highest BCUT2D eigenvalue weighted by atomic mass is 19.1. The molecule has 0 spiro atoms. The van der Waals surface area contributed by atoms with Crippen molar-refractivity contribution in [1.29, 1.82) is 0 Å². The molecule has 2 aliphatic heterocycles. The van der Waals surface area contributed by atoms with Crippen LogP contribution in [0.2, 0.25) is 0 Å². The van der Waals surface area contributed by atoms with Crippen molar-refractivity contribution in [2.24, 2.45) is 0 Å². The molecule has 37 heavy (non-hydrogen) atoms. The third kappa shape index (κ3) is 4.77. The number of halogens is 1. The lowest BCUT2D eigenvalue weighted by atomic mass is 10.0. The number of rotatable bonds is 3. The molecular weight excluding hydrogens is 473 g/mol. The van der Waals surface area contributed by atoms with Gasteiger partial charge in [-0.15, -0.1) is 0 Å². The summed E-state index contributed by atoms with van der Waals surface area (Å²) in [5.74, 6) is 0.485. The van der Waals surface area contributed by atoms with Gasteiger partial charge >= 0.3 is 0 Å².